The fourth-order valence-electron chi connectivity index (χ4n) is 2.22. The van der Waals surface area contributed by atoms with Gasteiger partial charge in [-0.15, -0.1) is 0 Å². The second-order valence-corrected chi connectivity index (χ2v) is 4.22. The second-order valence-electron chi connectivity index (χ2n) is 4.22. The number of benzene rings is 1. The third-order valence-electron chi connectivity index (χ3n) is 3.10. The van der Waals surface area contributed by atoms with Crippen LogP contribution in [-0.2, 0) is 6.61 Å². The van der Waals surface area contributed by atoms with Crippen LogP contribution in [0.4, 0.5) is 0 Å². The molecule has 3 rings (SSSR count). The van der Waals surface area contributed by atoms with E-state index in [1.165, 1.54) is 6.07 Å². The van der Waals surface area contributed by atoms with Crippen molar-refractivity contribution in [2.75, 3.05) is 7.11 Å². The number of ether oxygens (including phenoxy) is 1. The molecule has 0 atom stereocenters. The van der Waals surface area contributed by atoms with Crippen LogP contribution in [0.15, 0.2) is 35.3 Å². The maximum atomic E-state index is 12.1. The van der Waals surface area contributed by atoms with Crippen LogP contribution in [-0.4, -0.2) is 22.2 Å². The van der Waals surface area contributed by atoms with Crippen LogP contribution in [0.1, 0.15) is 5.69 Å². The third kappa shape index (κ3) is 1.75. The van der Waals surface area contributed by atoms with E-state index in [1.807, 2.05) is 12.1 Å². The van der Waals surface area contributed by atoms with Gasteiger partial charge < -0.3 is 14.8 Å². The first kappa shape index (κ1) is 11.7. The summed E-state index contributed by atoms with van der Waals surface area (Å²) in [4.78, 5) is 19.4. The van der Waals surface area contributed by atoms with Gasteiger partial charge in [0.25, 0.3) is 0 Å². The Morgan fingerprint density at radius 2 is 2.21 bits per heavy atom. The number of H-pyrrole nitrogens is 1. The molecule has 5 nitrogen and oxygen atoms in total. The topological polar surface area (TPSA) is 75.2 Å². The Morgan fingerprint density at radius 1 is 1.37 bits per heavy atom. The molecule has 2 aromatic heterocycles. The Labute approximate surface area is 108 Å². The number of aromatic nitrogens is 2. The summed E-state index contributed by atoms with van der Waals surface area (Å²) in [5.74, 6) is 0.609. The first-order chi connectivity index (χ1) is 9.24. The van der Waals surface area contributed by atoms with Crippen LogP contribution in [0.2, 0.25) is 0 Å². The smallest absolute Gasteiger partial charge is 0.189 e. The molecule has 19 heavy (non-hydrogen) atoms. The lowest BCUT2D eigenvalue weighted by Crippen LogP contribution is -2.06. The van der Waals surface area contributed by atoms with Crippen LogP contribution >= 0.6 is 0 Å². The highest BCUT2D eigenvalue weighted by Gasteiger charge is 2.11. The van der Waals surface area contributed by atoms with Crippen molar-refractivity contribution in [2.45, 2.75) is 6.61 Å². The molecular formula is C14H12N2O3. The van der Waals surface area contributed by atoms with Gasteiger partial charge in [-0.05, 0) is 18.2 Å². The molecule has 0 aliphatic carbocycles. The zero-order chi connectivity index (χ0) is 13.4. The van der Waals surface area contributed by atoms with Crippen molar-refractivity contribution in [1.82, 2.24) is 9.97 Å². The lowest BCUT2D eigenvalue weighted by atomic mass is 10.1. The summed E-state index contributed by atoms with van der Waals surface area (Å²) in [6, 6.07) is 6.77. The zero-order valence-corrected chi connectivity index (χ0v) is 10.3. The van der Waals surface area contributed by atoms with Crippen molar-refractivity contribution in [3.63, 3.8) is 0 Å². The van der Waals surface area contributed by atoms with E-state index < -0.39 is 0 Å². The molecule has 0 radical (unpaired) electrons. The van der Waals surface area contributed by atoms with E-state index in [4.69, 9.17) is 4.74 Å². The summed E-state index contributed by atoms with van der Waals surface area (Å²) in [6.45, 7) is -0.217. The van der Waals surface area contributed by atoms with Gasteiger partial charge >= 0.3 is 0 Å². The Morgan fingerprint density at radius 3 is 2.95 bits per heavy atom. The minimum absolute atomic E-state index is 0.163. The van der Waals surface area contributed by atoms with Gasteiger partial charge in [-0.1, -0.05) is 0 Å². The number of rotatable bonds is 2. The van der Waals surface area contributed by atoms with E-state index in [2.05, 4.69) is 9.97 Å². The minimum Gasteiger partial charge on any atom is -0.496 e. The summed E-state index contributed by atoms with van der Waals surface area (Å²) in [7, 11) is 1.56. The Hall–Kier alpha value is -2.40. The van der Waals surface area contributed by atoms with Crippen molar-refractivity contribution >= 4 is 21.8 Å². The molecule has 0 bridgehead atoms. The van der Waals surface area contributed by atoms with Gasteiger partial charge in [-0.2, -0.15) is 0 Å². The van der Waals surface area contributed by atoms with E-state index in [-0.39, 0.29) is 12.0 Å². The first-order valence-corrected chi connectivity index (χ1v) is 5.83. The number of hydrogen-bond donors (Lipinski definition) is 2. The van der Waals surface area contributed by atoms with Crippen LogP contribution in [0, 0.1) is 0 Å². The number of methoxy groups -OCH3 is 1. The highest BCUT2D eigenvalue weighted by atomic mass is 16.5. The van der Waals surface area contributed by atoms with Gasteiger partial charge in [0.15, 0.2) is 5.43 Å². The van der Waals surface area contributed by atoms with Crippen molar-refractivity contribution < 1.29 is 9.84 Å². The summed E-state index contributed by atoms with van der Waals surface area (Å²) >= 11 is 0. The Balaban J connectivity index is 2.57. The van der Waals surface area contributed by atoms with E-state index in [0.717, 1.165) is 5.39 Å². The average molecular weight is 256 g/mol. The molecule has 0 fully saturated rings. The van der Waals surface area contributed by atoms with Crippen LogP contribution < -0.4 is 10.2 Å². The summed E-state index contributed by atoms with van der Waals surface area (Å²) < 4.78 is 5.30. The quantitative estimate of drug-likeness (QED) is 0.682. The molecule has 0 unspecified atom stereocenters. The molecule has 2 heterocycles. The normalized spacial score (nSPS) is 11.1. The van der Waals surface area contributed by atoms with Gasteiger partial charge in [0.1, 0.15) is 5.75 Å². The fourth-order valence-corrected chi connectivity index (χ4v) is 2.22. The molecule has 0 aliphatic heterocycles. The molecule has 1 aromatic carbocycles. The van der Waals surface area contributed by atoms with Crippen molar-refractivity contribution in [1.29, 1.82) is 0 Å². The third-order valence-corrected chi connectivity index (χ3v) is 3.10. The maximum Gasteiger partial charge on any atom is 0.189 e. The van der Waals surface area contributed by atoms with Gasteiger partial charge in [0.05, 0.1) is 30.1 Å². The SMILES string of the molecule is COc1cc2c(=O)cc(CO)[nH]c2c2ncccc12. The van der Waals surface area contributed by atoms with Crippen molar-refractivity contribution in [2.24, 2.45) is 0 Å². The minimum atomic E-state index is -0.217. The molecule has 0 saturated carbocycles. The molecular weight excluding hydrogens is 244 g/mol. The summed E-state index contributed by atoms with van der Waals surface area (Å²) in [6.07, 6.45) is 1.66. The maximum absolute atomic E-state index is 12.1. The number of pyridine rings is 2. The number of nitrogens with zero attached hydrogens (tertiary/aromatic N) is 1. The monoisotopic (exact) mass is 256 g/mol. The highest BCUT2D eigenvalue weighted by molar-refractivity contribution is 6.05. The van der Waals surface area contributed by atoms with Gasteiger partial charge in [0.2, 0.25) is 0 Å². The van der Waals surface area contributed by atoms with Crippen molar-refractivity contribution in [3.05, 3.63) is 46.4 Å². The summed E-state index contributed by atoms with van der Waals surface area (Å²) in [5, 5.41) is 10.5. The number of aliphatic hydroxyl groups excluding tert-OH is 1. The second kappa shape index (κ2) is 4.37. The number of hydrogen-bond acceptors (Lipinski definition) is 4. The van der Waals surface area contributed by atoms with Crippen molar-refractivity contribution in [3.8, 4) is 5.75 Å². The van der Waals surface area contributed by atoms with E-state index in [9.17, 15) is 9.90 Å². The van der Waals surface area contributed by atoms with Gasteiger partial charge in [0, 0.05) is 23.3 Å². The standard InChI is InChI=1S/C14H12N2O3/c1-19-12-6-10-11(18)5-8(7-17)16-14(10)13-9(12)3-2-4-15-13/h2-6,17H,7H2,1H3,(H,16,18). The Kier molecular flexibility index (Phi) is 2.68. The van der Waals surface area contributed by atoms with Crippen LogP contribution in [0.25, 0.3) is 21.8 Å². The van der Waals surface area contributed by atoms with Gasteiger partial charge in [-0.25, -0.2) is 0 Å². The molecule has 3 aromatic rings. The number of aliphatic hydroxyl groups is 1. The molecule has 0 saturated heterocycles. The van der Waals surface area contributed by atoms with E-state index in [1.54, 1.807) is 19.4 Å². The lowest BCUT2D eigenvalue weighted by molar-refractivity contribution is 0.277. The highest BCUT2D eigenvalue weighted by Crippen LogP contribution is 2.29. The fraction of sp³-hybridized carbons (Fsp3) is 0.143. The molecule has 2 N–H and O–H groups in total. The zero-order valence-electron chi connectivity index (χ0n) is 10.3. The molecule has 5 heteroatoms. The van der Waals surface area contributed by atoms with Gasteiger partial charge in [-0.3, -0.25) is 9.78 Å². The number of aromatic amines is 1. The first-order valence-electron chi connectivity index (χ1n) is 5.83. The predicted octanol–water partition coefficient (Wildman–Crippen LogP) is 1.58. The molecule has 0 aliphatic rings. The lowest BCUT2D eigenvalue weighted by Gasteiger charge is -2.09. The summed E-state index contributed by atoms with van der Waals surface area (Å²) in [5.41, 5.74) is 1.58. The predicted molar refractivity (Wildman–Crippen MR) is 72.3 cm³/mol. The van der Waals surface area contributed by atoms with Crippen LogP contribution in [0.3, 0.4) is 0 Å². The number of fused-ring (bicyclic) bond motifs is 3. The molecule has 0 spiro atoms. The molecule has 96 valence electrons. The van der Waals surface area contributed by atoms with Crippen LogP contribution in [0.5, 0.6) is 5.75 Å². The molecule has 0 amide bonds. The average Bonchev–Trinajstić information content (AvgIpc) is 2.46. The Bertz CT molecular complexity index is 824. The number of nitrogens with one attached hydrogen (secondary N) is 1. The van der Waals surface area contributed by atoms with E-state index >= 15 is 0 Å². The largest absolute Gasteiger partial charge is 0.496 e. The van der Waals surface area contributed by atoms with E-state index in [0.29, 0.717) is 27.9 Å².